The van der Waals surface area contributed by atoms with Crippen molar-refractivity contribution in [3.63, 3.8) is 0 Å². The number of rotatable bonds is 7. The summed E-state index contributed by atoms with van der Waals surface area (Å²) in [5.74, 6) is -2.86. The molecule has 9 heteroatoms. The molecule has 148 valence electrons. The maximum Gasteiger partial charge on any atom is 0.416 e. The molecule has 2 aromatic carbocycles. The Morgan fingerprint density at radius 3 is 2.18 bits per heavy atom. The SMILES string of the molecule is O=C(CNC(=O)c1ccccc1)N[C@H](Cc1ccccc1C(F)(F)F)C(=O)O. The second-order valence-electron chi connectivity index (χ2n) is 5.87. The summed E-state index contributed by atoms with van der Waals surface area (Å²) < 4.78 is 39.2. The van der Waals surface area contributed by atoms with E-state index >= 15 is 0 Å². The summed E-state index contributed by atoms with van der Waals surface area (Å²) in [6.45, 7) is -0.515. The van der Waals surface area contributed by atoms with Crippen LogP contribution in [-0.2, 0) is 22.2 Å². The highest BCUT2D eigenvalue weighted by Crippen LogP contribution is 2.32. The topological polar surface area (TPSA) is 95.5 Å². The van der Waals surface area contributed by atoms with E-state index in [2.05, 4.69) is 10.6 Å². The first kappa shape index (κ1) is 20.9. The van der Waals surface area contributed by atoms with Crippen LogP contribution in [0.1, 0.15) is 21.5 Å². The van der Waals surface area contributed by atoms with Crippen molar-refractivity contribution >= 4 is 17.8 Å². The van der Waals surface area contributed by atoms with Gasteiger partial charge in [0, 0.05) is 12.0 Å². The number of hydrogen-bond donors (Lipinski definition) is 3. The summed E-state index contributed by atoms with van der Waals surface area (Å²) in [5.41, 5.74) is -0.909. The van der Waals surface area contributed by atoms with E-state index in [9.17, 15) is 32.7 Å². The van der Waals surface area contributed by atoms with Crippen LogP contribution in [0, 0.1) is 0 Å². The third-order valence-electron chi connectivity index (χ3n) is 3.83. The van der Waals surface area contributed by atoms with Crippen LogP contribution in [0.5, 0.6) is 0 Å². The molecule has 0 aliphatic heterocycles. The number of aliphatic carboxylic acids is 1. The van der Waals surface area contributed by atoms with Crippen LogP contribution < -0.4 is 10.6 Å². The first-order valence-corrected chi connectivity index (χ1v) is 8.19. The van der Waals surface area contributed by atoms with Crippen LogP contribution in [0.15, 0.2) is 54.6 Å². The van der Waals surface area contributed by atoms with Crippen molar-refractivity contribution in [1.29, 1.82) is 0 Å². The van der Waals surface area contributed by atoms with E-state index in [1.54, 1.807) is 18.2 Å². The van der Waals surface area contributed by atoms with Gasteiger partial charge in [-0.15, -0.1) is 0 Å². The first-order valence-electron chi connectivity index (χ1n) is 8.19. The highest BCUT2D eigenvalue weighted by Gasteiger charge is 2.34. The zero-order valence-corrected chi connectivity index (χ0v) is 14.5. The van der Waals surface area contributed by atoms with E-state index in [0.717, 1.165) is 12.1 Å². The van der Waals surface area contributed by atoms with Crippen LogP contribution in [0.4, 0.5) is 13.2 Å². The molecule has 0 unspecified atom stereocenters. The number of nitrogens with one attached hydrogen (secondary N) is 2. The van der Waals surface area contributed by atoms with Crippen LogP contribution in [0.25, 0.3) is 0 Å². The minimum absolute atomic E-state index is 0.254. The highest BCUT2D eigenvalue weighted by atomic mass is 19.4. The summed E-state index contributed by atoms with van der Waals surface area (Å²) in [4.78, 5) is 35.2. The van der Waals surface area contributed by atoms with Crippen molar-refractivity contribution in [2.75, 3.05) is 6.54 Å². The second kappa shape index (κ2) is 9.03. The van der Waals surface area contributed by atoms with Gasteiger partial charge in [-0.3, -0.25) is 9.59 Å². The van der Waals surface area contributed by atoms with Gasteiger partial charge in [0.25, 0.3) is 5.91 Å². The number of carbonyl (C=O) groups is 3. The van der Waals surface area contributed by atoms with Crippen LogP contribution in [0.3, 0.4) is 0 Å². The molecule has 0 spiro atoms. The molecule has 0 saturated heterocycles. The fourth-order valence-corrected chi connectivity index (χ4v) is 2.49. The Labute approximate surface area is 158 Å². The molecule has 0 radical (unpaired) electrons. The molecular formula is C19H17F3N2O4. The predicted octanol–water partition coefficient (Wildman–Crippen LogP) is 2.25. The molecule has 0 fully saturated rings. The largest absolute Gasteiger partial charge is 0.480 e. The van der Waals surface area contributed by atoms with E-state index in [1.165, 1.54) is 24.3 Å². The quantitative estimate of drug-likeness (QED) is 0.671. The number of carboxylic acid groups (broad SMARTS) is 1. The summed E-state index contributed by atoms with van der Waals surface area (Å²) >= 11 is 0. The van der Waals surface area contributed by atoms with Gasteiger partial charge >= 0.3 is 12.1 Å². The summed E-state index contributed by atoms with van der Waals surface area (Å²) in [6.07, 6.45) is -5.20. The lowest BCUT2D eigenvalue weighted by Crippen LogP contribution is -2.46. The minimum Gasteiger partial charge on any atom is -0.480 e. The van der Waals surface area contributed by atoms with Crippen molar-refractivity contribution < 1.29 is 32.7 Å². The number of amides is 2. The smallest absolute Gasteiger partial charge is 0.416 e. The molecule has 0 heterocycles. The molecule has 0 aliphatic rings. The van der Waals surface area contributed by atoms with E-state index < -0.39 is 48.5 Å². The Morgan fingerprint density at radius 1 is 0.964 bits per heavy atom. The Balaban J connectivity index is 2.01. The normalized spacial score (nSPS) is 12.1. The third-order valence-corrected chi connectivity index (χ3v) is 3.83. The van der Waals surface area contributed by atoms with Crippen LogP contribution in [-0.4, -0.2) is 35.5 Å². The molecule has 1 atom stereocenters. The van der Waals surface area contributed by atoms with Gasteiger partial charge in [-0.25, -0.2) is 4.79 Å². The monoisotopic (exact) mass is 394 g/mol. The molecule has 2 aromatic rings. The van der Waals surface area contributed by atoms with Crippen LogP contribution >= 0.6 is 0 Å². The number of benzene rings is 2. The second-order valence-corrected chi connectivity index (χ2v) is 5.87. The number of hydrogen-bond acceptors (Lipinski definition) is 3. The minimum atomic E-state index is -4.65. The highest BCUT2D eigenvalue weighted by molar-refractivity contribution is 5.96. The lowest BCUT2D eigenvalue weighted by atomic mass is 9.99. The Bertz CT molecular complexity index is 854. The fourth-order valence-electron chi connectivity index (χ4n) is 2.49. The van der Waals surface area contributed by atoms with Crippen LogP contribution in [0.2, 0.25) is 0 Å². The lowest BCUT2D eigenvalue weighted by Gasteiger charge is -2.18. The molecule has 0 aliphatic carbocycles. The average Bonchev–Trinajstić information content (AvgIpc) is 2.65. The summed E-state index contributed by atoms with van der Waals surface area (Å²) in [6, 6.07) is 11.0. The Hall–Kier alpha value is -3.36. The summed E-state index contributed by atoms with van der Waals surface area (Å²) in [7, 11) is 0. The van der Waals surface area contributed by atoms with Crippen molar-refractivity contribution in [2.24, 2.45) is 0 Å². The number of halogens is 3. The zero-order chi connectivity index (χ0) is 20.7. The van der Waals surface area contributed by atoms with Gasteiger partial charge in [-0.1, -0.05) is 36.4 Å². The number of carboxylic acids is 1. The van der Waals surface area contributed by atoms with E-state index in [4.69, 9.17) is 0 Å². The lowest BCUT2D eigenvalue weighted by molar-refractivity contribution is -0.142. The van der Waals surface area contributed by atoms with Crippen molar-refractivity contribution in [3.05, 3.63) is 71.3 Å². The summed E-state index contributed by atoms with van der Waals surface area (Å²) in [5, 5.41) is 13.7. The molecule has 0 bridgehead atoms. The van der Waals surface area contributed by atoms with Gasteiger partial charge in [0.2, 0.25) is 5.91 Å². The van der Waals surface area contributed by atoms with Gasteiger partial charge in [-0.05, 0) is 23.8 Å². The average molecular weight is 394 g/mol. The maximum absolute atomic E-state index is 13.1. The predicted molar refractivity (Wildman–Crippen MR) is 93.5 cm³/mol. The molecule has 2 amide bonds. The maximum atomic E-state index is 13.1. The molecule has 0 aromatic heterocycles. The molecule has 3 N–H and O–H groups in total. The Kier molecular flexibility index (Phi) is 6.75. The molecular weight excluding hydrogens is 377 g/mol. The Morgan fingerprint density at radius 2 is 1.57 bits per heavy atom. The molecule has 6 nitrogen and oxygen atoms in total. The van der Waals surface area contributed by atoms with Gasteiger partial charge in [0.05, 0.1) is 12.1 Å². The van der Waals surface area contributed by atoms with E-state index in [0.29, 0.717) is 5.56 Å². The standard InChI is InChI=1S/C19H17F3N2O4/c20-19(21,22)14-9-5-4-8-13(14)10-15(18(27)28)24-16(25)11-23-17(26)12-6-2-1-3-7-12/h1-9,15H,10-11H2,(H,23,26)(H,24,25)(H,27,28)/t15-/m1/s1. The van der Waals surface area contributed by atoms with E-state index in [1.807, 2.05) is 0 Å². The van der Waals surface area contributed by atoms with E-state index in [-0.39, 0.29) is 5.56 Å². The first-order chi connectivity index (χ1) is 13.2. The van der Waals surface area contributed by atoms with Gasteiger partial charge in [0.15, 0.2) is 0 Å². The number of carbonyl (C=O) groups excluding carboxylic acids is 2. The van der Waals surface area contributed by atoms with Crippen molar-refractivity contribution in [3.8, 4) is 0 Å². The third kappa shape index (κ3) is 5.83. The zero-order valence-electron chi connectivity index (χ0n) is 14.5. The molecule has 28 heavy (non-hydrogen) atoms. The fraction of sp³-hybridized carbons (Fsp3) is 0.211. The molecule has 0 saturated carbocycles. The van der Waals surface area contributed by atoms with Gasteiger partial charge < -0.3 is 15.7 Å². The molecule has 2 rings (SSSR count). The number of alkyl halides is 3. The van der Waals surface area contributed by atoms with Gasteiger partial charge in [0.1, 0.15) is 6.04 Å². The van der Waals surface area contributed by atoms with Gasteiger partial charge in [-0.2, -0.15) is 13.2 Å². The van der Waals surface area contributed by atoms with Crippen molar-refractivity contribution in [1.82, 2.24) is 10.6 Å². The van der Waals surface area contributed by atoms with Crippen molar-refractivity contribution in [2.45, 2.75) is 18.6 Å².